The van der Waals surface area contributed by atoms with Gasteiger partial charge in [-0.05, 0) is 38.5 Å². The van der Waals surface area contributed by atoms with Crippen molar-refractivity contribution in [2.45, 2.75) is 20.8 Å². The fourth-order valence-electron chi connectivity index (χ4n) is 1.44. The molecule has 4 heteroatoms. The third kappa shape index (κ3) is 2.59. The first-order valence-corrected chi connectivity index (χ1v) is 5.51. The van der Waals surface area contributed by atoms with Crippen molar-refractivity contribution >= 4 is 17.4 Å². The maximum Gasteiger partial charge on any atom is 0.182 e. The van der Waals surface area contributed by atoms with Gasteiger partial charge in [0.15, 0.2) is 5.78 Å². The van der Waals surface area contributed by atoms with Crippen LogP contribution in [0, 0.1) is 23.7 Å². The molecular formula is C13H14ClNO2. The third-order valence-electron chi connectivity index (χ3n) is 2.59. The highest BCUT2D eigenvalue weighted by molar-refractivity contribution is 6.32. The van der Waals surface area contributed by atoms with Crippen LogP contribution < -0.4 is 4.74 Å². The number of ether oxygens (including phenoxy) is 1. The van der Waals surface area contributed by atoms with Gasteiger partial charge < -0.3 is 4.74 Å². The number of Topliss-reactive ketones (excluding diaryl/α,β-unsaturated/α-hetero) is 1. The van der Waals surface area contributed by atoms with E-state index in [-0.39, 0.29) is 5.78 Å². The van der Waals surface area contributed by atoms with E-state index in [2.05, 4.69) is 0 Å². The highest BCUT2D eigenvalue weighted by Gasteiger charge is 2.30. The van der Waals surface area contributed by atoms with E-state index in [9.17, 15) is 4.79 Å². The molecular weight excluding hydrogens is 238 g/mol. The molecule has 0 heterocycles. The molecule has 1 aromatic carbocycles. The number of ketones is 1. The van der Waals surface area contributed by atoms with E-state index in [1.54, 1.807) is 32.9 Å². The normalized spacial score (nSPS) is 10.8. The summed E-state index contributed by atoms with van der Waals surface area (Å²) in [6.45, 7) is 4.97. The lowest BCUT2D eigenvalue weighted by atomic mass is 9.84. The zero-order valence-electron chi connectivity index (χ0n) is 10.3. The van der Waals surface area contributed by atoms with Crippen molar-refractivity contribution in [1.82, 2.24) is 0 Å². The number of halogens is 1. The van der Waals surface area contributed by atoms with Crippen LogP contribution in [0.1, 0.15) is 29.8 Å². The van der Waals surface area contributed by atoms with Crippen LogP contribution in [-0.2, 0) is 0 Å². The van der Waals surface area contributed by atoms with Crippen molar-refractivity contribution in [2.75, 3.05) is 7.11 Å². The molecule has 0 spiro atoms. The van der Waals surface area contributed by atoms with Crippen molar-refractivity contribution < 1.29 is 9.53 Å². The van der Waals surface area contributed by atoms with Crippen LogP contribution in [0.4, 0.5) is 0 Å². The number of methoxy groups -OCH3 is 1. The van der Waals surface area contributed by atoms with Gasteiger partial charge in [-0.25, -0.2) is 0 Å². The molecule has 0 unspecified atom stereocenters. The van der Waals surface area contributed by atoms with Gasteiger partial charge in [-0.1, -0.05) is 11.6 Å². The minimum Gasteiger partial charge on any atom is -0.495 e. The Balaban J connectivity index is 3.31. The molecule has 3 nitrogen and oxygen atoms in total. The van der Waals surface area contributed by atoms with Gasteiger partial charge in [0.05, 0.1) is 18.2 Å². The number of hydrogen-bond acceptors (Lipinski definition) is 3. The Morgan fingerprint density at radius 1 is 1.47 bits per heavy atom. The number of carbonyl (C=O) groups is 1. The monoisotopic (exact) mass is 251 g/mol. The summed E-state index contributed by atoms with van der Waals surface area (Å²) in [5.74, 6) is 0.289. The molecule has 0 saturated carbocycles. The summed E-state index contributed by atoms with van der Waals surface area (Å²) in [5.41, 5.74) is 0.157. The fourth-order valence-corrected chi connectivity index (χ4v) is 1.68. The Morgan fingerprint density at radius 3 is 2.53 bits per heavy atom. The lowest BCUT2D eigenvalue weighted by Crippen LogP contribution is -2.23. The van der Waals surface area contributed by atoms with Crippen LogP contribution >= 0.6 is 11.6 Å². The van der Waals surface area contributed by atoms with Gasteiger partial charge in [0.1, 0.15) is 11.2 Å². The molecule has 0 aliphatic carbocycles. The van der Waals surface area contributed by atoms with Gasteiger partial charge in [0.2, 0.25) is 0 Å². The molecule has 0 aliphatic rings. The molecule has 0 amide bonds. The largest absolute Gasteiger partial charge is 0.495 e. The van der Waals surface area contributed by atoms with Crippen LogP contribution in [0.3, 0.4) is 0 Å². The Labute approximate surface area is 106 Å². The molecule has 90 valence electrons. The SMILES string of the molecule is COc1cc(C)c(C(=O)C(C)(C)C#N)cc1Cl. The predicted octanol–water partition coefficient (Wildman–Crippen LogP) is 3.39. The molecule has 0 N–H and O–H groups in total. The first kappa shape index (κ1) is 13.5. The quantitative estimate of drug-likeness (QED) is 0.774. The van der Waals surface area contributed by atoms with Crippen LogP contribution in [0.25, 0.3) is 0 Å². The Hall–Kier alpha value is -1.53. The molecule has 1 aromatic rings. The highest BCUT2D eigenvalue weighted by Crippen LogP contribution is 2.31. The first-order valence-electron chi connectivity index (χ1n) is 5.13. The number of aryl methyl sites for hydroxylation is 1. The van der Waals surface area contributed by atoms with Gasteiger partial charge in [0, 0.05) is 5.56 Å². The maximum absolute atomic E-state index is 12.1. The summed E-state index contributed by atoms with van der Waals surface area (Å²) in [5, 5.41) is 9.33. The molecule has 0 aliphatic heterocycles. The number of nitriles is 1. The third-order valence-corrected chi connectivity index (χ3v) is 2.89. The van der Waals surface area contributed by atoms with Crippen molar-refractivity contribution in [2.24, 2.45) is 5.41 Å². The zero-order valence-corrected chi connectivity index (χ0v) is 11.1. The van der Waals surface area contributed by atoms with E-state index in [1.807, 2.05) is 6.07 Å². The lowest BCUT2D eigenvalue weighted by molar-refractivity contribution is 0.0891. The molecule has 0 radical (unpaired) electrons. The van der Waals surface area contributed by atoms with E-state index in [1.165, 1.54) is 7.11 Å². The number of benzene rings is 1. The summed E-state index contributed by atoms with van der Waals surface area (Å²) < 4.78 is 5.06. The summed E-state index contributed by atoms with van der Waals surface area (Å²) in [7, 11) is 1.52. The van der Waals surface area contributed by atoms with Crippen molar-refractivity contribution in [3.63, 3.8) is 0 Å². The van der Waals surface area contributed by atoms with Gasteiger partial charge in [-0.2, -0.15) is 5.26 Å². The molecule has 0 saturated heterocycles. The minimum absolute atomic E-state index is 0.234. The maximum atomic E-state index is 12.1. The lowest BCUT2D eigenvalue weighted by Gasteiger charge is -2.16. The second-order valence-corrected chi connectivity index (χ2v) is 4.77. The summed E-state index contributed by atoms with van der Waals surface area (Å²) >= 11 is 5.98. The second kappa shape index (κ2) is 4.77. The topological polar surface area (TPSA) is 50.1 Å². The number of carbonyl (C=O) groups excluding carboxylic acids is 1. The van der Waals surface area contributed by atoms with E-state index < -0.39 is 5.41 Å². The molecule has 0 atom stereocenters. The van der Waals surface area contributed by atoms with Crippen LogP contribution in [0.2, 0.25) is 5.02 Å². The highest BCUT2D eigenvalue weighted by atomic mass is 35.5. The molecule has 0 fully saturated rings. The van der Waals surface area contributed by atoms with Crippen molar-refractivity contribution in [1.29, 1.82) is 5.26 Å². The first-order chi connectivity index (χ1) is 7.83. The van der Waals surface area contributed by atoms with Gasteiger partial charge in [-0.3, -0.25) is 4.79 Å². The minimum atomic E-state index is -1.05. The number of rotatable bonds is 3. The molecule has 17 heavy (non-hydrogen) atoms. The van der Waals surface area contributed by atoms with Crippen LogP contribution in [-0.4, -0.2) is 12.9 Å². The van der Waals surface area contributed by atoms with Crippen molar-refractivity contribution in [3.05, 3.63) is 28.3 Å². The Bertz CT molecular complexity index is 501. The number of hydrogen-bond donors (Lipinski definition) is 0. The van der Waals surface area contributed by atoms with E-state index >= 15 is 0 Å². The summed E-state index contributed by atoms with van der Waals surface area (Å²) in [6.07, 6.45) is 0. The second-order valence-electron chi connectivity index (χ2n) is 4.37. The summed E-state index contributed by atoms with van der Waals surface area (Å²) in [6, 6.07) is 5.24. The standard InChI is InChI=1S/C13H14ClNO2/c1-8-5-11(17-4)10(14)6-9(8)12(16)13(2,3)7-15/h5-6H,1-4H3. The average molecular weight is 252 g/mol. The van der Waals surface area contributed by atoms with Gasteiger partial charge in [-0.15, -0.1) is 0 Å². The van der Waals surface area contributed by atoms with Crippen LogP contribution in [0.15, 0.2) is 12.1 Å². The van der Waals surface area contributed by atoms with E-state index in [4.69, 9.17) is 21.6 Å². The van der Waals surface area contributed by atoms with Gasteiger partial charge >= 0.3 is 0 Å². The molecule has 0 aromatic heterocycles. The smallest absolute Gasteiger partial charge is 0.182 e. The van der Waals surface area contributed by atoms with Gasteiger partial charge in [0.25, 0.3) is 0 Å². The van der Waals surface area contributed by atoms with Crippen molar-refractivity contribution in [3.8, 4) is 11.8 Å². The molecule has 0 bridgehead atoms. The Kier molecular flexibility index (Phi) is 3.79. The predicted molar refractivity (Wildman–Crippen MR) is 66.5 cm³/mol. The van der Waals surface area contributed by atoms with E-state index in [0.29, 0.717) is 16.3 Å². The zero-order chi connectivity index (χ0) is 13.2. The van der Waals surface area contributed by atoms with E-state index in [0.717, 1.165) is 5.56 Å². The van der Waals surface area contributed by atoms with Crippen LogP contribution in [0.5, 0.6) is 5.75 Å². The number of nitrogens with zero attached hydrogens (tertiary/aromatic N) is 1. The average Bonchev–Trinajstić information content (AvgIpc) is 2.30. The Morgan fingerprint density at radius 2 is 2.06 bits per heavy atom. The summed E-state index contributed by atoms with van der Waals surface area (Å²) in [4.78, 5) is 12.1. The fraction of sp³-hybridized carbons (Fsp3) is 0.385. The molecule has 1 rings (SSSR count).